The maximum atomic E-state index is 13.7. The largest absolute Gasteiger partial charge is 0.476 e. The first kappa shape index (κ1) is 56.2. The molecule has 21 heteroatoms. The minimum absolute atomic E-state index is 0.0144. The van der Waals surface area contributed by atoms with E-state index < -0.39 is 37.3 Å². The molecule has 4 bridgehead atoms. The number of carboxylic acids is 1. The van der Waals surface area contributed by atoms with Crippen LogP contribution in [0, 0.1) is 29.6 Å². The highest BCUT2D eigenvalue weighted by Gasteiger charge is 2.65. The van der Waals surface area contributed by atoms with Crippen molar-refractivity contribution >= 4 is 70.2 Å². The number of carboxylic acid groups (broad SMARTS) is 1. The van der Waals surface area contributed by atoms with E-state index in [1.165, 1.54) is 11.3 Å². The molecule has 18 nitrogen and oxygen atoms in total. The summed E-state index contributed by atoms with van der Waals surface area (Å²) in [6.45, 7) is 13.4. The van der Waals surface area contributed by atoms with Crippen LogP contribution in [0.2, 0.25) is 0 Å². The highest BCUT2D eigenvalue weighted by atomic mass is 32.2. The van der Waals surface area contributed by atoms with Crippen molar-refractivity contribution in [3.05, 3.63) is 101 Å². The van der Waals surface area contributed by atoms with Crippen LogP contribution in [0.4, 0.5) is 10.9 Å². The van der Waals surface area contributed by atoms with Gasteiger partial charge in [-0.25, -0.2) is 23.2 Å². The van der Waals surface area contributed by atoms with E-state index in [9.17, 15) is 40.9 Å². The fourth-order valence-electron chi connectivity index (χ4n) is 13.8. The third-order valence-corrected chi connectivity index (χ3v) is 19.8. The van der Waals surface area contributed by atoms with E-state index in [1.807, 2.05) is 76.0 Å². The molecule has 2 aromatic carbocycles. The number of thiazole rings is 1. The molecular weight excluding hydrogens is 1040 g/mol. The Balaban J connectivity index is 0.851. The Bertz CT molecular complexity index is 3220. The van der Waals surface area contributed by atoms with Crippen molar-refractivity contribution in [2.75, 3.05) is 61.1 Å². The van der Waals surface area contributed by atoms with Gasteiger partial charge in [-0.3, -0.25) is 29.0 Å². The first-order valence-corrected chi connectivity index (χ1v) is 31.1. The maximum absolute atomic E-state index is 13.7. The average molecular weight is 1110 g/mol. The summed E-state index contributed by atoms with van der Waals surface area (Å²) in [5.41, 5.74) is 4.74. The second kappa shape index (κ2) is 23.0. The molecule has 1 aliphatic heterocycles. The molecule has 0 radical (unpaired) electrons. The van der Waals surface area contributed by atoms with Crippen LogP contribution in [0.25, 0.3) is 21.3 Å². The van der Waals surface area contributed by atoms with Gasteiger partial charge in [-0.15, -0.1) is 0 Å². The zero-order chi connectivity index (χ0) is 54.8. The molecule has 2 amide bonds. The number of aromatic nitrogens is 4. The summed E-state index contributed by atoms with van der Waals surface area (Å²) in [7, 11) is -7.47. The highest BCUT2D eigenvalue weighted by molar-refractivity contribution is 7.94. The molecule has 4 heterocycles. The topological polar surface area (TPSA) is 243 Å². The molecule has 5 atom stereocenters. The smallest absolute Gasteiger partial charge is 0.355 e. The van der Waals surface area contributed by atoms with Crippen molar-refractivity contribution < 1.29 is 45.6 Å². The molecule has 3 aromatic heterocycles. The molecule has 4 saturated carbocycles. The highest BCUT2D eigenvalue weighted by Crippen LogP contribution is 2.70. The number of fused-ring (bicyclic) bond motifs is 2. The lowest BCUT2D eigenvalue weighted by Crippen LogP contribution is -2.65. The zero-order valence-corrected chi connectivity index (χ0v) is 46.8. The van der Waals surface area contributed by atoms with Gasteiger partial charge in [0.15, 0.2) is 20.7 Å². The van der Waals surface area contributed by atoms with Crippen LogP contribution in [0.5, 0.6) is 0 Å². The fraction of sp³-hybridized carbons (Fsp3) is 0.536. The van der Waals surface area contributed by atoms with Crippen molar-refractivity contribution in [3.63, 3.8) is 0 Å². The van der Waals surface area contributed by atoms with Crippen LogP contribution in [-0.4, -0.2) is 125 Å². The molecule has 4 N–H and O–H groups in total. The Kier molecular flexibility index (Phi) is 16.8. The van der Waals surface area contributed by atoms with E-state index in [1.54, 1.807) is 6.20 Å². The molecule has 5 unspecified atom stereocenters. The maximum Gasteiger partial charge on any atom is 0.355 e. The number of carbonyl (C=O) groups is 3. The second-order valence-corrected chi connectivity index (χ2v) is 27.0. The number of carbonyl (C=O) groups excluding carboxylic acids is 2. The monoisotopic (exact) mass is 1110 g/mol. The predicted octanol–water partition coefficient (Wildman–Crippen LogP) is 8.57. The summed E-state index contributed by atoms with van der Waals surface area (Å²) in [5, 5.41) is 23.0. The molecular formula is C56H72N8O10S3. The Morgan fingerprint density at radius 3 is 2.52 bits per heavy atom. The number of hydrogen-bond donors (Lipinski definition) is 4. The minimum Gasteiger partial charge on any atom is -0.476 e. The van der Waals surface area contributed by atoms with E-state index in [4.69, 9.17) is 14.8 Å². The van der Waals surface area contributed by atoms with E-state index in [0.29, 0.717) is 117 Å². The molecule has 77 heavy (non-hydrogen) atoms. The Morgan fingerprint density at radius 2 is 1.77 bits per heavy atom. The Labute approximate surface area is 455 Å². The molecule has 414 valence electrons. The summed E-state index contributed by atoms with van der Waals surface area (Å²) in [4.78, 5) is 52.7. The predicted molar refractivity (Wildman–Crippen MR) is 298 cm³/mol. The molecule has 10 rings (SSSR count). The van der Waals surface area contributed by atoms with Crippen molar-refractivity contribution in [1.82, 2.24) is 30.0 Å². The number of aromatic carboxylic acids is 1. The summed E-state index contributed by atoms with van der Waals surface area (Å²) in [6, 6.07) is 17.2. The van der Waals surface area contributed by atoms with Gasteiger partial charge >= 0.3 is 5.97 Å². The zero-order valence-electron chi connectivity index (χ0n) is 44.3. The fourth-order valence-corrected chi connectivity index (χ4v) is 16.0. The number of benzene rings is 2. The van der Waals surface area contributed by atoms with Crippen molar-refractivity contribution in [2.24, 2.45) is 22.7 Å². The van der Waals surface area contributed by atoms with Gasteiger partial charge in [0.2, 0.25) is 5.91 Å². The second-order valence-electron chi connectivity index (χ2n) is 22.3. The lowest BCUT2D eigenvalue weighted by molar-refractivity contribution is -0.248. The van der Waals surface area contributed by atoms with E-state index in [2.05, 4.69) is 36.0 Å². The Hall–Kier alpha value is -5.58. The molecule has 4 fully saturated rings. The van der Waals surface area contributed by atoms with E-state index in [-0.39, 0.29) is 47.1 Å². The summed E-state index contributed by atoms with van der Waals surface area (Å²) in [5.74, 6) is -0.443. The van der Waals surface area contributed by atoms with Crippen LogP contribution in [0.15, 0.2) is 72.8 Å². The average Bonchev–Trinajstić information content (AvgIpc) is 4.05. The summed E-state index contributed by atoms with van der Waals surface area (Å²) >= 11 is 1.42. The van der Waals surface area contributed by atoms with Gasteiger partial charge in [-0.05, 0) is 135 Å². The quantitative estimate of drug-likeness (QED) is 0.0299. The number of nitrogens with one attached hydrogen (secondary N) is 2. The minimum atomic E-state index is -4.21. The van der Waals surface area contributed by atoms with Crippen LogP contribution in [0.1, 0.15) is 122 Å². The number of para-hydroxylation sites is 1. The number of pyridine rings is 1. The van der Waals surface area contributed by atoms with Gasteiger partial charge in [0.25, 0.3) is 16.0 Å². The van der Waals surface area contributed by atoms with Gasteiger partial charge in [-0.1, -0.05) is 68.9 Å². The Morgan fingerprint density at radius 1 is 0.948 bits per heavy atom. The van der Waals surface area contributed by atoms with Crippen LogP contribution < -0.4 is 15.5 Å². The van der Waals surface area contributed by atoms with Crippen molar-refractivity contribution in [3.8, 4) is 11.1 Å². The van der Waals surface area contributed by atoms with Gasteiger partial charge in [-0.2, -0.15) is 13.5 Å². The van der Waals surface area contributed by atoms with Crippen LogP contribution in [0.3, 0.4) is 0 Å². The SMILES string of the molecule is C=CS(=O)(=O)CCCCCC(=O)NCCCN(CCOC12CC3CC(Cn4ncc(-c5ccc(N6CCc7cccc(C(=O)Nc8nc9ccccc9s8)c7C6)nc5C(=O)O)c4C)(C1)CC(C)(C2)C3CC)CCS(=O)(=O)O. The van der Waals surface area contributed by atoms with E-state index in [0.717, 1.165) is 71.0 Å². The molecule has 0 spiro atoms. The standard InChI is InChI=1S/C56H72N8O10S3/c1-5-45-40-30-55(34-54(45,4)35-56(31-40,36-55)74-27-25-62(26-29-77(71,72)73)23-13-22-57-49(65)18-8-7-11-28-76(69,70)6-2)37-64-38(3)43(32-58-64)41-19-20-48(60-50(41)52(67)68)63-24-21-39-14-12-15-42(44(39)33-63)51(66)61-53-59-46-16-9-10-17-47(46)75-53/h6,9-10,12,14-17,19-20,32,40,45H,2,5,7-8,11,13,18,21-31,33-37H2,1,3-4H3,(H,57,65)(H,67,68)(H,59,61,66)(H,71,72,73). The van der Waals surface area contributed by atoms with Crippen LogP contribution >= 0.6 is 11.3 Å². The number of unbranched alkanes of at least 4 members (excludes halogenated alkanes) is 2. The van der Waals surface area contributed by atoms with Gasteiger partial charge in [0, 0.05) is 73.5 Å². The number of nitrogens with zero attached hydrogens (tertiary/aromatic N) is 6. The lowest BCUT2D eigenvalue weighted by atomic mass is 9.39. The number of anilines is 2. The molecule has 5 aromatic rings. The molecule has 5 aliphatic rings. The number of amides is 2. The lowest BCUT2D eigenvalue weighted by Gasteiger charge is -2.68. The summed E-state index contributed by atoms with van der Waals surface area (Å²) < 4.78 is 66.7. The normalized spacial score (nSPS) is 22.8. The van der Waals surface area contributed by atoms with Gasteiger partial charge in [0.1, 0.15) is 5.82 Å². The third-order valence-electron chi connectivity index (χ3n) is 16.8. The number of ether oxygens (including phenoxy) is 1. The number of hydrogen-bond acceptors (Lipinski definition) is 14. The van der Waals surface area contributed by atoms with E-state index >= 15 is 0 Å². The van der Waals surface area contributed by atoms with Crippen molar-refractivity contribution in [1.29, 1.82) is 0 Å². The molecule has 4 aliphatic carbocycles. The number of sulfone groups is 1. The van der Waals surface area contributed by atoms with Crippen molar-refractivity contribution in [2.45, 2.75) is 117 Å². The summed E-state index contributed by atoms with van der Waals surface area (Å²) in [6.07, 6.45) is 10.7. The third kappa shape index (κ3) is 13.0. The van der Waals surface area contributed by atoms with Crippen LogP contribution in [-0.2, 0) is 49.0 Å². The van der Waals surface area contributed by atoms with Gasteiger partial charge in [0.05, 0.1) is 40.1 Å². The van der Waals surface area contributed by atoms with Gasteiger partial charge < -0.3 is 20.1 Å². The molecule has 0 saturated heterocycles. The first-order valence-electron chi connectivity index (χ1n) is 26.9. The first-order chi connectivity index (χ1) is 36.7. The number of rotatable bonds is 26.